The minimum atomic E-state index is -0.316. The number of nitrogens with one attached hydrogen (secondary N) is 1. The summed E-state index contributed by atoms with van der Waals surface area (Å²) in [5.41, 5.74) is 4.61. The van der Waals surface area contributed by atoms with Crippen LogP contribution < -0.4 is 14.9 Å². The minimum Gasteiger partial charge on any atom is -0.493 e. The molecule has 0 bridgehead atoms. The molecule has 5 nitrogen and oxygen atoms in total. The fourth-order valence-electron chi connectivity index (χ4n) is 1.93. The molecule has 0 saturated heterocycles. The van der Waals surface area contributed by atoms with Gasteiger partial charge < -0.3 is 9.47 Å². The zero-order valence-corrected chi connectivity index (χ0v) is 15.7. The molecule has 0 spiro atoms. The van der Waals surface area contributed by atoms with E-state index in [0.717, 1.165) is 10.0 Å². The lowest BCUT2D eigenvalue weighted by molar-refractivity contribution is 0.0955. The van der Waals surface area contributed by atoms with Crippen LogP contribution in [0.5, 0.6) is 11.5 Å². The molecule has 126 valence electrons. The lowest BCUT2D eigenvalue weighted by Gasteiger charge is -2.09. The van der Waals surface area contributed by atoms with Crippen molar-refractivity contribution in [1.82, 2.24) is 5.43 Å². The van der Waals surface area contributed by atoms with Crippen molar-refractivity contribution in [2.75, 3.05) is 14.2 Å². The first kappa shape index (κ1) is 18.3. The molecule has 0 heterocycles. The van der Waals surface area contributed by atoms with Gasteiger partial charge in [-0.15, -0.1) is 0 Å². The first-order valence-corrected chi connectivity index (χ1v) is 8.14. The Bertz CT molecular complexity index is 794. The van der Waals surface area contributed by atoms with E-state index in [0.29, 0.717) is 27.6 Å². The van der Waals surface area contributed by atoms with E-state index in [9.17, 15) is 4.79 Å². The molecule has 2 aromatic carbocycles. The molecule has 2 aromatic rings. The Morgan fingerprint density at radius 1 is 1.21 bits per heavy atom. The van der Waals surface area contributed by atoms with Crippen LogP contribution in [0.2, 0.25) is 5.02 Å². The zero-order valence-electron chi connectivity index (χ0n) is 13.4. The van der Waals surface area contributed by atoms with Gasteiger partial charge in [0.15, 0.2) is 11.5 Å². The highest BCUT2D eigenvalue weighted by Crippen LogP contribution is 2.32. The normalized spacial score (nSPS) is 10.7. The van der Waals surface area contributed by atoms with Gasteiger partial charge in [-0.1, -0.05) is 33.6 Å². The summed E-state index contributed by atoms with van der Waals surface area (Å²) in [5.74, 6) is 0.730. The SMILES string of the molecule is COc1cc(Cl)c(/C=N/NC(=O)c2ccc(C)c(Br)c2)cc1OC. The highest BCUT2D eigenvalue weighted by molar-refractivity contribution is 9.10. The molecule has 0 aliphatic carbocycles. The predicted octanol–water partition coefficient (Wildman–Crippen LogP) is 4.19. The maximum absolute atomic E-state index is 12.1. The average Bonchev–Trinajstić information content (AvgIpc) is 2.58. The largest absolute Gasteiger partial charge is 0.493 e. The number of nitrogens with zero attached hydrogens (tertiary/aromatic N) is 1. The molecule has 1 amide bonds. The van der Waals surface area contributed by atoms with Crippen molar-refractivity contribution in [1.29, 1.82) is 0 Å². The van der Waals surface area contributed by atoms with Crippen molar-refractivity contribution >= 4 is 39.7 Å². The lowest BCUT2D eigenvalue weighted by atomic mass is 10.1. The number of halogens is 2. The van der Waals surface area contributed by atoms with E-state index in [1.54, 1.807) is 24.3 Å². The van der Waals surface area contributed by atoms with E-state index in [2.05, 4.69) is 26.5 Å². The molecule has 0 unspecified atom stereocenters. The number of methoxy groups -OCH3 is 2. The maximum atomic E-state index is 12.1. The van der Waals surface area contributed by atoms with Crippen LogP contribution in [0.25, 0.3) is 0 Å². The fraction of sp³-hybridized carbons (Fsp3) is 0.176. The Kier molecular flexibility index (Phi) is 6.23. The molecule has 0 aliphatic heterocycles. The number of ether oxygens (including phenoxy) is 2. The van der Waals surface area contributed by atoms with Crippen LogP contribution in [-0.4, -0.2) is 26.3 Å². The number of rotatable bonds is 5. The topological polar surface area (TPSA) is 59.9 Å². The summed E-state index contributed by atoms with van der Waals surface area (Å²) in [6, 6.07) is 8.63. The number of hydrogen-bond donors (Lipinski definition) is 1. The second-order valence-electron chi connectivity index (χ2n) is 4.89. The van der Waals surface area contributed by atoms with Gasteiger partial charge in [0.25, 0.3) is 5.91 Å². The molecule has 0 aliphatic rings. The van der Waals surface area contributed by atoms with Crippen molar-refractivity contribution in [2.45, 2.75) is 6.92 Å². The van der Waals surface area contributed by atoms with Crippen molar-refractivity contribution < 1.29 is 14.3 Å². The molecule has 0 aromatic heterocycles. The van der Waals surface area contributed by atoms with E-state index in [1.165, 1.54) is 20.4 Å². The number of hydrogen-bond acceptors (Lipinski definition) is 4. The summed E-state index contributed by atoms with van der Waals surface area (Å²) in [4.78, 5) is 12.1. The fourth-order valence-corrected chi connectivity index (χ4v) is 2.51. The highest BCUT2D eigenvalue weighted by Gasteiger charge is 2.09. The Morgan fingerprint density at radius 3 is 2.50 bits per heavy atom. The highest BCUT2D eigenvalue weighted by atomic mass is 79.9. The summed E-state index contributed by atoms with van der Waals surface area (Å²) in [7, 11) is 3.06. The molecular weight excluding hydrogens is 396 g/mol. The first-order chi connectivity index (χ1) is 11.5. The van der Waals surface area contributed by atoms with Gasteiger partial charge in [0, 0.05) is 21.7 Å². The van der Waals surface area contributed by atoms with Crippen LogP contribution in [-0.2, 0) is 0 Å². The van der Waals surface area contributed by atoms with Gasteiger partial charge in [-0.3, -0.25) is 4.79 Å². The molecular formula is C17H16BrClN2O3. The second-order valence-corrected chi connectivity index (χ2v) is 6.15. The number of hydrazone groups is 1. The van der Waals surface area contributed by atoms with E-state index < -0.39 is 0 Å². The number of carbonyl (C=O) groups excluding carboxylic acids is 1. The summed E-state index contributed by atoms with van der Waals surface area (Å²) >= 11 is 9.56. The third-order valence-corrected chi connectivity index (χ3v) is 4.49. The van der Waals surface area contributed by atoms with Crippen molar-refractivity contribution in [3.05, 3.63) is 56.5 Å². The smallest absolute Gasteiger partial charge is 0.271 e. The van der Waals surface area contributed by atoms with Crippen LogP contribution in [0.4, 0.5) is 0 Å². The monoisotopic (exact) mass is 410 g/mol. The summed E-state index contributed by atoms with van der Waals surface area (Å²) in [6.45, 7) is 1.95. The Hall–Kier alpha value is -2.05. The van der Waals surface area contributed by atoms with Gasteiger partial charge in [-0.2, -0.15) is 5.10 Å². The van der Waals surface area contributed by atoms with Gasteiger partial charge in [-0.05, 0) is 30.7 Å². The van der Waals surface area contributed by atoms with E-state index in [1.807, 2.05) is 13.0 Å². The molecule has 2 rings (SSSR count). The van der Waals surface area contributed by atoms with Crippen molar-refractivity contribution in [3.63, 3.8) is 0 Å². The zero-order chi connectivity index (χ0) is 17.7. The van der Waals surface area contributed by atoms with E-state index in [-0.39, 0.29) is 5.91 Å². The summed E-state index contributed by atoms with van der Waals surface area (Å²) in [5, 5.41) is 4.38. The number of carbonyl (C=O) groups is 1. The Balaban J connectivity index is 2.13. The molecule has 0 saturated carbocycles. The average molecular weight is 412 g/mol. The van der Waals surface area contributed by atoms with Gasteiger partial charge in [0.1, 0.15) is 0 Å². The number of amides is 1. The first-order valence-electron chi connectivity index (χ1n) is 6.97. The maximum Gasteiger partial charge on any atom is 0.271 e. The van der Waals surface area contributed by atoms with Crippen molar-refractivity contribution in [3.8, 4) is 11.5 Å². The van der Waals surface area contributed by atoms with Crippen LogP contribution in [0.1, 0.15) is 21.5 Å². The molecule has 0 atom stereocenters. The van der Waals surface area contributed by atoms with Crippen LogP contribution in [0.15, 0.2) is 39.9 Å². The standard InChI is InChI=1S/C17H16BrClN2O3/c1-10-4-5-11(6-13(10)18)17(22)21-20-9-12-7-15(23-2)16(24-3)8-14(12)19/h4-9H,1-3H3,(H,21,22)/b20-9+. The molecule has 0 radical (unpaired) electrons. The number of benzene rings is 2. The lowest BCUT2D eigenvalue weighted by Crippen LogP contribution is -2.17. The number of aryl methyl sites for hydroxylation is 1. The summed E-state index contributed by atoms with van der Waals surface area (Å²) < 4.78 is 11.2. The van der Waals surface area contributed by atoms with Crippen LogP contribution >= 0.6 is 27.5 Å². The van der Waals surface area contributed by atoms with Gasteiger partial charge in [0.05, 0.1) is 25.5 Å². The predicted molar refractivity (Wildman–Crippen MR) is 98.5 cm³/mol. The third kappa shape index (κ3) is 4.27. The quantitative estimate of drug-likeness (QED) is 0.593. The minimum absolute atomic E-state index is 0.316. The van der Waals surface area contributed by atoms with E-state index in [4.69, 9.17) is 21.1 Å². The van der Waals surface area contributed by atoms with Crippen LogP contribution in [0, 0.1) is 6.92 Å². The Labute approximate surface area is 153 Å². The van der Waals surface area contributed by atoms with Crippen molar-refractivity contribution in [2.24, 2.45) is 5.10 Å². The summed E-state index contributed by atoms with van der Waals surface area (Å²) in [6.07, 6.45) is 1.45. The molecule has 24 heavy (non-hydrogen) atoms. The molecule has 7 heteroatoms. The molecule has 1 N–H and O–H groups in total. The van der Waals surface area contributed by atoms with Gasteiger partial charge in [-0.25, -0.2) is 5.43 Å². The molecule has 0 fully saturated rings. The van der Waals surface area contributed by atoms with Gasteiger partial charge >= 0.3 is 0 Å². The van der Waals surface area contributed by atoms with E-state index >= 15 is 0 Å². The van der Waals surface area contributed by atoms with Crippen LogP contribution in [0.3, 0.4) is 0 Å². The van der Waals surface area contributed by atoms with Gasteiger partial charge in [0.2, 0.25) is 0 Å². The third-order valence-electron chi connectivity index (χ3n) is 3.31. The Morgan fingerprint density at radius 2 is 1.88 bits per heavy atom. The second kappa shape index (κ2) is 8.17.